The zero-order chi connectivity index (χ0) is 10.9. The number of alkyl halides is 2. The van der Waals surface area contributed by atoms with Crippen molar-refractivity contribution in [2.75, 3.05) is 0 Å². The highest BCUT2D eigenvalue weighted by atomic mass is 19.3. The van der Waals surface area contributed by atoms with E-state index >= 15 is 0 Å². The van der Waals surface area contributed by atoms with Crippen molar-refractivity contribution in [3.05, 3.63) is 34.2 Å². The van der Waals surface area contributed by atoms with Crippen LogP contribution in [0.1, 0.15) is 32.9 Å². The zero-order valence-corrected chi connectivity index (χ0v) is 8.42. The molecule has 0 aliphatic heterocycles. The maximum atomic E-state index is 12.4. The second-order valence-electron chi connectivity index (χ2n) is 4.19. The van der Waals surface area contributed by atoms with Crippen LogP contribution in [0.5, 0.6) is 0 Å². The van der Waals surface area contributed by atoms with E-state index in [9.17, 15) is 13.6 Å². The Kier molecular flexibility index (Phi) is 2.73. The summed E-state index contributed by atoms with van der Waals surface area (Å²) >= 11 is 0. The molecule has 0 atom stereocenters. The average molecular weight is 201 g/mol. The van der Waals surface area contributed by atoms with Crippen molar-refractivity contribution >= 4 is 0 Å². The van der Waals surface area contributed by atoms with Gasteiger partial charge >= 0.3 is 6.55 Å². The molecule has 2 nitrogen and oxygen atoms in total. The highest BCUT2D eigenvalue weighted by Gasteiger charge is 2.16. The standard InChI is InChI=1S/C10H13F2NO/c1-10(2,3)7-4-5-8(14)13(6-7)9(11)12/h4-6,9H,1-3H3. The van der Waals surface area contributed by atoms with Crippen LogP contribution < -0.4 is 5.56 Å². The maximum Gasteiger partial charge on any atom is 0.321 e. The molecule has 0 saturated heterocycles. The predicted molar refractivity (Wildman–Crippen MR) is 50.7 cm³/mol. The fourth-order valence-electron chi connectivity index (χ4n) is 1.10. The van der Waals surface area contributed by atoms with Gasteiger partial charge in [0.2, 0.25) is 0 Å². The molecule has 0 radical (unpaired) electrons. The molecule has 0 unspecified atom stereocenters. The second kappa shape index (κ2) is 3.52. The van der Waals surface area contributed by atoms with Crippen LogP contribution in [0.2, 0.25) is 0 Å². The molecule has 14 heavy (non-hydrogen) atoms. The van der Waals surface area contributed by atoms with Crippen LogP contribution in [0.3, 0.4) is 0 Å². The van der Waals surface area contributed by atoms with Crippen molar-refractivity contribution in [2.24, 2.45) is 0 Å². The lowest BCUT2D eigenvalue weighted by molar-refractivity contribution is 0.0658. The summed E-state index contributed by atoms with van der Waals surface area (Å²) in [6.07, 6.45) is 1.22. The van der Waals surface area contributed by atoms with Gasteiger partial charge < -0.3 is 0 Å². The molecule has 4 heteroatoms. The SMILES string of the molecule is CC(C)(C)c1ccc(=O)n(C(F)F)c1. The van der Waals surface area contributed by atoms with Crippen molar-refractivity contribution in [1.29, 1.82) is 0 Å². The Bertz CT molecular complexity index is 376. The van der Waals surface area contributed by atoms with Gasteiger partial charge in [-0.3, -0.25) is 9.36 Å². The molecule has 0 aliphatic rings. The second-order valence-corrected chi connectivity index (χ2v) is 4.19. The normalized spacial score (nSPS) is 12.1. The Balaban J connectivity index is 3.27. The quantitative estimate of drug-likeness (QED) is 0.684. The third-order valence-corrected chi connectivity index (χ3v) is 2.01. The number of hydrogen-bond acceptors (Lipinski definition) is 1. The van der Waals surface area contributed by atoms with Crippen LogP contribution >= 0.6 is 0 Å². The number of aromatic nitrogens is 1. The minimum Gasteiger partial charge on any atom is -0.269 e. The lowest BCUT2D eigenvalue weighted by Crippen LogP contribution is -2.23. The number of halogens is 2. The van der Waals surface area contributed by atoms with Crippen molar-refractivity contribution in [3.8, 4) is 0 Å². The van der Waals surface area contributed by atoms with Crippen molar-refractivity contribution in [1.82, 2.24) is 4.57 Å². The molecule has 0 aromatic carbocycles. The first-order chi connectivity index (χ1) is 6.32. The predicted octanol–water partition coefficient (Wildman–Crippen LogP) is 2.54. The molecule has 78 valence electrons. The lowest BCUT2D eigenvalue weighted by atomic mass is 9.88. The molecule has 0 N–H and O–H groups in total. The van der Waals surface area contributed by atoms with Crippen LogP contribution in [-0.2, 0) is 5.41 Å². The van der Waals surface area contributed by atoms with Gasteiger partial charge in [-0.05, 0) is 11.0 Å². The third-order valence-electron chi connectivity index (χ3n) is 2.01. The molecule has 0 fully saturated rings. The van der Waals surface area contributed by atoms with E-state index in [1.54, 1.807) is 6.07 Å². The summed E-state index contributed by atoms with van der Waals surface area (Å²) in [6, 6.07) is 2.76. The van der Waals surface area contributed by atoms with E-state index < -0.39 is 12.1 Å². The Hall–Kier alpha value is -1.19. The van der Waals surface area contributed by atoms with Gasteiger partial charge in [0, 0.05) is 12.3 Å². The van der Waals surface area contributed by atoms with Gasteiger partial charge in [0.1, 0.15) is 0 Å². The summed E-state index contributed by atoms with van der Waals surface area (Å²) in [5.41, 5.74) is -0.185. The number of nitrogens with zero attached hydrogens (tertiary/aromatic N) is 1. The number of rotatable bonds is 1. The minimum absolute atomic E-state index is 0.232. The zero-order valence-electron chi connectivity index (χ0n) is 8.42. The van der Waals surface area contributed by atoms with E-state index in [1.165, 1.54) is 12.3 Å². The fraction of sp³-hybridized carbons (Fsp3) is 0.500. The Labute approximate surface area is 81.2 Å². The molecule has 0 spiro atoms. The summed E-state index contributed by atoms with van der Waals surface area (Å²) < 4.78 is 25.2. The largest absolute Gasteiger partial charge is 0.321 e. The summed E-state index contributed by atoms with van der Waals surface area (Å²) in [7, 11) is 0. The van der Waals surface area contributed by atoms with Crippen LogP contribution in [-0.4, -0.2) is 4.57 Å². The van der Waals surface area contributed by atoms with E-state index in [0.717, 1.165) is 5.56 Å². The first-order valence-corrected chi connectivity index (χ1v) is 4.33. The third kappa shape index (κ3) is 2.19. The molecule has 0 saturated carbocycles. The van der Waals surface area contributed by atoms with Crippen molar-refractivity contribution < 1.29 is 8.78 Å². The molecule has 1 aromatic heterocycles. The molecule has 0 bridgehead atoms. The van der Waals surface area contributed by atoms with Gasteiger partial charge in [-0.1, -0.05) is 26.8 Å². The molecule has 1 aromatic rings. The van der Waals surface area contributed by atoms with Gasteiger partial charge in [0.25, 0.3) is 5.56 Å². The molecule has 0 aliphatic carbocycles. The smallest absolute Gasteiger partial charge is 0.269 e. The van der Waals surface area contributed by atoms with Crippen molar-refractivity contribution in [3.63, 3.8) is 0 Å². The molecular weight excluding hydrogens is 188 g/mol. The van der Waals surface area contributed by atoms with Gasteiger partial charge in [-0.25, -0.2) is 0 Å². The van der Waals surface area contributed by atoms with Crippen LogP contribution in [0, 0.1) is 0 Å². The highest BCUT2D eigenvalue weighted by Crippen LogP contribution is 2.21. The fourth-order valence-corrected chi connectivity index (χ4v) is 1.10. The molecule has 1 rings (SSSR count). The monoisotopic (exact) mass is 201 g/mol. The van der Waals surface area contributed by atoms with Gasteiger partial charge in [-0.15, -0.1) is 0 Å². The average Bonchev–Trinajstić information content (AvgIpc) is 2.02. The lowest BCUT2D eigenvalue weighted by Gasteiger charge is -2.19. The summed E-state index contributed by atoms with van der Waals surface area (Å²) in [5, 5.41) is 0. The Morgan fingerprint density at radius 1 is 1.29 bits per heavy atom. The minimum atomic E-state index is -2.77. The van der Waals surface area contributed by atoms with E-state index in [-0.39, 0.29) is 5.41 Å². The molecular formula is C10H13F2NO. The van der Waals surface area contributed by atoms with E-state index in [2.05, 4.69) is 0 Å². The Morgan fingerprint density at radius 3 is 2.29 bits per heavy atom. The molecule has 1 heterocycles. The van der Waals surface area contributed by atoms with Crippen LogP contribution in [0.25, 0.3) is 0 Å². The van der Waals surface area contributed by atoms with Crippen LogP contribution in [0.15, 0.2) is 23.1 Å². The highest BCUT2D eigenvalue weighted by molar-refractivity contribution is 5.18. The summed E-state index contributed by atoms with van der Waals surface area (Å²) in [6.45, 7) is 2.94. The van der Waals surface area contributed by atoms with Crippen LogP contribution in [0.4, 0.5) is 8.78 Å². The number of hydrogen-bond donors (Lipinski definition) is 0. The van der Waals surface area contributed by atoms with E-state index in [0.29, 0.717) is 4.57 Å². The van der Waals surface area contributed by atoms with Gasteiger partial charge in [0.15, 0.2) is 0 Å². The molecule has 0 amide bonds. The summed E-state index contributed by atoms with van der Waals surface area (Å²) in [4.78, 5) is 11.0. The van der Waals surface area contributed by atoms with E-state index in [1.807, 2.05) is 20.8 Å². The first-order valence-electron chi connectivity index (χ1n) is 4.33. The van der Waals surface area contributed by atoms with Crippen molar-refractivity contribution in [2.45, 2.75) is 32.7 Å². The van der Waals surface area contributed by atoms with Gasteiger partial charge in [-0.2, -0.15) is 8.78 Å². The Morgan fingerprint density at radius 2 is 1.86 bits per heavy atom. The maximum absolute atomic E-state index is 12.4. The number of pyridine rings is 1. The summed E-state index contributed by atoms with van der Waals surface area (Å²) in [5.74, 6) is 0. The van der Waals surface area contributed by atoms with E-state index in [4.69, 9.17) is 0 Å². The van der Waals surface area contributed by atoms with Gasteiger partial charge in [0.05, 0.1) is 0 Å². The first kappa shape index (κ1) is 10.9. The topological polar surface area (TPSA) is 22.0 Å².